The van der Waals surface area contributed by atoms with E-state index in [0.29, 0.717) is 11.4 Å². The first kappa shape index (κ1) is 18.0. The summed E-state index contributed by atoms with van der Waals surface area (Å²) in [4.78, 5) is 12.1. The van der Waals surface area contributed by atoms with Gasteiger partial charge in [0.15, 0.2) is 9.84 Å². The van der Waals surface area contributed by atoms with E-state index in [4.69, 9.17) is 4.74 Å². The molecule has 1 amide bonds. The van der Waals surface area contributed by atoms with Crippen molar-refractivity contribution < 1.29 is 17.9 Å². The number of rotatable bonds is 7. The van der Waals surface area contributed by atoms with Crippen molar-refractivity contribution in [1.29, 1.82) is 0 Å². The molecule has 0 atom stereocenters. The zero-order valence-corrected chi connectivity index (χ0v) is 14.5. The van der Waals surface area contributed by atoms with E-state index >= 15 is 0 Å². The molecule has 1 N–H and O–H groups in total. The highest BCUT2D eigenvalue weighted by Gasteiger charge is 2.16. The Morgan fingerprint density at radius 1 is 1.04 bits per heavy atom. The van der Waals surface area contributed by atoms with Gasteiger partial charge in [0, 0.05) is 12.1 Å². The molecule has 0 aliphatic rings. The minimum Gasteiger partial charge on any atom is -0.491 e. The predicted molar refractivity (Wildman–Crippen MR) is 93.9 cm³/mol. The first-order valence-corrected chi connectivity index (χ1v) is 9.36. The van der Waals surface area contributed by atoms with Gasteiger partial charge in [-0.15, -0.1) is 0 Å². The van der Waals surface area contributed by atoms with Crippen LogP contribution in [0.3, 0.4) is 0 Å². The molecule has 0 saturated heterocycles. The molecule has 2 aromatic carbocycles. The monoisotopic (exact) mass is 347 g/mol. The number of nitrogens with one attached hydrogen (secondary N) is 1. The van der Waals surface area contributed by atoms with Gasteiger partial charge in [0.05, 0.1) is 16.8 Å². The second-order valence-corrected chi connectivity index (χ2v) is 7.73. The number of benzene rings is 2. The summed E-state index contributed by atoms with van der Waals surface area (Å²) in [5.74, 6) is 0.0473. The van der Waals surface area contributed by atoms with E-state index in [9.17, 15) is 13.2 Å². The van der Waals surface area contributed by atoms with Crippen LogP contribution in [0.15, 0.2) is 59.5 Å². The average Bonchev–Trinajstić information content (AvgIpc) is 2.54. The Balaban J connectivity index is 1.94. The summed E-state index contributed by atoms with van der Waals surface area (Å²) in [6.07, 6.45) is -0.0734. The zero-order valence-electron chi connectivity index (χ0n) is 13.7. The molecule has 5 nitrogen and oxygen atoms in total. The Morgan fingerprint density at radius 3 is 2.25 bits per heavy atom. The van der Waals surface area contributed by atoms with Crippen molar-refractivity contribution in [1.82, 2.24) is 0 Å². The Labute approximate surface area is 142 Å². The number of carbonyl (C=O) groups excluding carboxylic acids is 1. The first-order valence-electron chi connectivity index (χ1n) is 7.71. The van der Waals surface area contributed by atoms with Crippen LogP contribution in [-0.4, -0.2) is 26.2 Å². The molecule has 6 heteroatoms. The lowest BCUT2D eigenvalue weighted by Crippen LogP contribution is -2.17. The van der Waals surface area contributed by atoms with Crippen LogP contribution in [0.25, 0.3) is 0 Å². The predicted octanol–water partition coefficient (Wildman–Crippen LogP) is 3.28. The third-order valence-corrected chi connectivity index (χ3v) is 4.94. The molecule has 2 aromatic rings. The maximum atomic E-state index is 12.3. The van der Waals surface area contributed by atoms with Crippen molar-refractivity contribution in [3.8, 4) is 5.75 Å². The average molecular weight is 347 g/mol. The highest BCUT2D eigenvalue weighted by Crippen LogP contribution is 2.18. The topological polar surface area (TPSA) is 72.5 Å². The highest BCUT2D eigenvalue weighted by molar-refractivity contribution is 7.91. The third-order valence-electron chi connectivity index (χ3n) is 3.21. The summed E-state index contributed by atoms with van der Waals surface area (Å²) in [5.41, 5.74) is 0.648. The van der Waals surface area contributed by atoms with E-state index in [2.05, 4.69) is 5.32 Å². The van der Waals surface area contributed by atoms with Crippen LogP contribution in [0, 0.1) is 0 Å². The Morgan fingerprint density at radius 2 is 1.67 bits per heavy atom. The third kappa shape index (κ3) is 5.38. The maximum Gasteiger partial charge on any atom is 0.225 e. The molecule has 0 saturated carbocycles. The summed E-state index contributed by atoms with van der Waals surface area (Å²) >= 11 is 0. The molecule has 0 heterocycles. The van der Waals surface area contributed by atoms with Gasteiger partial charge in [-0.05, 0) is 50.2 Å². The maximum absolute atomic E-state index is 12.3. The van der Waals surface area contributed by atoms with Gasteiger partial charge in [0.2, 0.25) is 5.91 Å². The number of anilines is 1. The standard InChI is InChI=1S/C18H21NO4S/c1-14(2)23-16-8-10-17(11-9-16)24(21,22)13-12-18(20)19-15-6-4-3-5-7-15/h3-11,14H,12-13H2,1-2H3,(H,19,20). The molecule has 0 aliphatic heterocycles. The van der Waals surface area contributed by atoms with Crippen LogP contribution >= 0.6 is 0 Å². The van der Waals surface area contributed by atoms with Crippen LogP contribution in [0.1, 0.15) is 20.3 Å². The largest absolute Gasteiger partial charge is 0.491 e. The number of amides is 1. The SMILES string of the molecule is CC(C)Oc1ccc(S(=O)(=O)CCC(=O)Nc2ccccc2)cc1. The summed E-state index contributed by atoms with van der Waals surface area (Å²) in [6.45, 7) is 3.80. The zero-order chi connectivity index (χ0) is 17.6. The van der Waals surface area contributed by atoms with Crippen LogP contribution in [0.5, 0.6) is 5.75 Å². The van der Waals surface area contributed by atoms with Crippen LogP contribution in [0.4, 0.5) is 5.69 Å². The number of para-hydroxylation sites is 1. The minimum atomic E-state index is -3.51. The van der Waals surface area contributed by atoms with Crippen molar-refractivity contribution in [3.05, 3.63) is 54.6 Å². The van der Waals surface area contributed by atoms with Crippen LogP contribution in [-0.2, 0) is 14.6 Å². The first-order chi connectivity index (χ1) is 11.4. The number of ether oxygens (including phenoxy) is 1. The van der Waals surface area contributed by atoms with E-state index in [1.54, 1.807) is 36.4 Å². The Bertz CT molecular complexity index is 768. The molecule has 0 bridgehead atoms. The number of carbonyl (C=O) groups is 1. The normalized spacial score (nSPS) is 11.3. The summed E-state index contributed by atoms with van der Waals surface area (Å²) in [5, 5.41) is 2.67. The molecule has 0 aliphatic carbocycles. The summed E-state index contributed by atoms with van der Waals surface area (Å²) < 4.78 is 30.1. The number of sulfone groups is 1. The van der Waals surface area contributed by atoms with Gasteiger partial charge in [-0.3, -0.25) is 4.79 Å². The van der Waals surface area contributed by atoms with Gasteiger partial charge in [-0.1, -0.05) is 18.2 Å². The summed E-state index contributed by atoms with van der Waals surface area (Å²) in [7, 11) is -3.51. The van der Waals surface area contributed by atoms with Crippen LogP contribution < -0.4 is 10.1 Å². The fourth-order valence-electron chi connectivity index (χ4n) is 2.09. The molecular weight excluding hydrogens is 326 g/mol. The van der Waals surface area contributed by atoms with Gasteiger partial charge in [0.25, 0.3) is 0 Å². The van der Waals surface area contributed by atoms with Gasteiger partial charge < -0.3 is 10.1 Å². The molecule has 0 unspecified atom stereocenters. The molecule has 24 heavy (non-hydrogen) atoms. The lowest BCUT2D eigenvalue weighted by molar-refractivity contribution is -0.115. The molecule has 128 valence electrons. The van der Waals surface area contributed by atoms with E-state index < -0.39 is 9.84 Å². The van der Waals surface area contributed by atoms with Crippen molar-refractivity contribution in [2.24, 2.45) is 0 Å². The number of hydrogen-bond donors (Lipinski definition) is 1. The van der Waals surface area contributed by atoms with Gasteiger partial charge >= 0.3 is 0 Å². The second kappa shape index (κ2) is 7.97. The smallest absolute Gasteiger partial charge is 0.225 e. The second-order valence-electron chi connectivity index (χ2n) is 5.62. The molecular formula is C18H21NO4S. The van der Waals surface area contributed by atoms with E-state index in [-0.39, 0.29) is 29.1 Å². The van der Waals surface area contributed by atoms with Gasteiger partial charge in [-0.25, -0.2) is 8.42 Å². The van der Waals surface area contributed by atoms with Crippen molar-refractivity contribution in [2.45, 2.75) is 31.3 Å². The minimum absolute atomic E-state index is 0.0224. The molecule has 0 aromatic heterocycles. The lowest BCUT2D eigenvalue weighted by atomic mass is 10.3. The van der Waals surface area contributed by atoms with Gasteiger partial charge in [0.1, 0.15) is 5.75 Å². The molecule has 0 spiro atoms. The van der Waals surface area contributed by atoms with Crippen molar-refractivity contribution in [2.75, 3.05) is 11.1 Å². The highest BCUT2D eigenvalue weighted by atomic mass is 32.2. The van der Waals surface area contributed by atoms with E-state index in [0.717, 1.165) is 0 Å². The number of hydrogen-bond acceptors (Lipinski definition) is 4. The molecule has 0 radical (unpaired) electrons. The molecule has 2 rings (SSSR count). The Kier molecular flexibility index (Phi) is 5.98. The van der Waals surface area contributed by atoms with Gasteiger partial charge in [-0.2, -0.15) is 0 Å². The fraction of sp³-hybridized carbons (Fsp3) is 0.278. The summed E-state index contributed by atoms with van der Waals surface area (Å²) in [6, 6.07) is 15.2. The Hall–Kier alpha value is -2.34. The quantitative estimate of drug-likeness (QED) is 0.834. The lowest BCUT2D eigenvalue weighted by Gasteiger charge is -2.10. The molecule has 0 fully saturated rings. The van der Waals surface area contributed by atoms with E-state index in [1.807, 2.05) is 19.9 Å². The fourth-order valence-corrected chi connectivity index (χ4v) is 3.33. The van der Waals surface area contributed by atoms with Crippen LogP contribution in [0.2, 0.25) is 0 Å². The van der Waals surface area contributed by atoms with Crippen molar-refractivity contribution >= 4 is 21.4 Å². The van der Waals surface area contributed by atoms with E-state index in [1.165, 1.54) is 12.1 Å². The van der Waals surface area contributed by atoms with Crippen molar-refractivity contribution in [3.63, 3.8) is 0 Å².